The largest absolute Gasteiger partial charge is 0.478 e. The SMILES string of the molecule is [2H]c1c([2H])c([2H])c(Oc2c(NCCCC)cc(C(=O)O)cc2S(N)(=O)=O)c([2H])c1[2H]. The number of para-hydroxylation sites is 1. The summed E-state index contributed by atoms with van der Waals surface area (Å²) in [4.78, 5) is 10.7. The van der Waals surface area contributed by atoms with Crippen LogP contribution in [0, 0.1) is 0 Å². The number of carboxylic acids is 1. The maximum atomic E-state index is 12.1. The molecular weight excluding hydrogens is 344 g/mol. The van der Waals surface area contributed by atoms with Crippen LogP contribution in [0.2, 0.25) is 0 Å². The van der Waals surface area contributed by atoms with Crippen molar-refractivity contribution in [2.75, 3.05) is 11.9 Å². The van der Waals surface area contributed by atoms with Crippen LogP contribution in [-0.2, 0) is 10.0 Å². The van der Waals surface area contributed by atoms with Gasteiger partial charge in [0.05, 0.1) is 18.1 Å². The van der Waals surface area contributed by atoms with Gasteiger partial charge in [-0.3, -0.25) is 0 Å². The predicted molar refractivity (Wildman–Crippen MR) is 94.7 cm³/mol. The van der Waals surface area contributed by atoms with Gasteiger partial charge < -0.3 is 15.2 Å². The fourth-order valence-electron chi connectivity index (χ4n) is 1.97. The van der Waals surface area contributed by atoms with E-state index < -0.39 is 62.6 Å². The van der Waals surface area contributed by atoms with Crippen LogP contribution >= 0.6 is 0 Å². The van der Waals surface area contributed by atoms with Crippen LogP contribution in [0.15, 0.2) is 47.2 Å². The predicted octanol–water partition coefficient (Wildman–Crippen LogP) is 3.04. The first-order valence-electron chi connectivity index (χ1n) is 9.82. The van der Waals surface area contributed by atoms with E-state index >= 15 is 0 Å². The molecule has 0 aliphatic carbocycles. The van der Waals surface area contributed by atoms with Gasteiger partial charge in [0, 0.05) is 6.54 Å². The Hall–Kier alpha value is -2.58. The van der Waals surface area contributed by atoms with Crippen molar-refractivity contribution < 1.29 is 29.9 Å². The number of hydrogen-bond acceptors (Lipinski definition) is 5. The molecule has 0 fully saturated rings. The van der Waals surface area contributed by atoms with Gasteiger partial charge in [0.1, 0.15) is 10.6 Å². The monoisotopic (exact) mass is 369 g/mol. The summed E-state index contributed by atoms with van der Waals surface area (Å²) in [6, 6.07) is -1.47. The number of aromatic carboxylic acids is 1. The lowest BCUT2D eigenvalue weighted by molar-refractivity contribution is 0.0696. The minimum absolute atomic E-state index is 0.0563. The molecule has 0 radical (unpaired) electrons. The molecule has 0 amide bonds. The second-order valence-corrected chi connectivity index (χ2v) is 6.57. The Morgan fingerprint density at radius 3 is 2.56 bits per heavy atom. The summed E-state index contributed by atoms with van der Waals surface area (Å²) >= 11 is 0. The Kier molecular flexibility index (Phi) is 4.07. The number of nitrogens with one attached hydrogen (secondary N) is 1. The number of anilines is 1. The zero-order chi connectivity index (χ0) is 22.8. The fourth-order valence-corrected chi connectivity index (χ4v) is 2.67. The third-order valence-electron chi connectivity index (χ3n) is 3.14. The van der Waals surface area contributed by atoms with E-state index in [1.54, 1.807) is 0 Å². The second kappa shape index (κ2) is 8.00. The van der Waals surface area contributed by atoms with E-state index in [1.165, 1.54) is 0 Å². The number of carbonyl (C=O) groups is 1. The number of ether oxygens (including phenoxy) is 1. The van der Waals surface area contributed by atoms with Crippen molar-refractivity contribution in [1.29, 1.82) is 0 Å². The van der Waals surface area contributed by atoms with Gasteiger partial charge in [0.25, 0.3) is 0 Å². The Bertz CT molecular complexity index is 1080. The highest BCUT2D eigenvalue weighted by Crippen LogP contribution is 2.37. The van der Waals surface area contributed by atoms with Crippen LogP contribution in [0.4, 0.5) is 5.69 Å². The minimum atomic E-state index is -4.50. The van der Waals surface area contributed by atoms with Crippen LogP contribution in [0.1, 0.15) is 37.0 Å². The molecule has 0 aliphatic heterocycles. The zero-order valence-electron chi connectivity index (χ0n) is 18.3. The fraction of sp³-hybridized carbons (Fsp3) is 0.235. The summed E-state index contributed by atoms with van der Waals surface area (Å²) in [7, 11) is -4.50. The van der Waals surface area contributed by atoms with Gasteiger partial charge >= 0.3 is 5.97 Å². The van der Waals surface area contributed by atoms with Crippen LogP contribution in [0.25, 0.3) is 0 Å². The highest BCUT2D eigenvalue weighted by atomic mass is 32.2. The molecule has 0 saturated carbocycles. The molecular formula is C17H20N2O5S. The number of benzene rings is 2. The molecule has 0 aromatic heterocycles. The summed E-state index contributed by atoms with van der Waals surface area (Å²) in [5.41, 5.74) is -0.439. The van der Waals surface area contributed by atoms with Crippen molar-refractivity contribution in [3.8, 4) is 11.5 Å². The standard InChI is InChI=1S/C17H20N2O5S/c1-2-3-9-19-14-10-12(17(20)21)11-15(25(18,22)23)16(14)24-13-7-5-4-6-8-13/h4-8,10-11,19H,2-3,9H2,1H3,(H,20,21)(H2,18,22,23)/i4D,5D,6D,7D,8D. The molecule has 0 bridgehead atoms. The molecule has 4 N–H and O–H groups in total. The Morgan fingerprint density at radius 1 is 1.32 bits per heavy atom. The van der Waals surface area contributed by atoms with Crippen molar-refractivity contribution in [2.45, 2.75) is 24.7 Å². The van der Waals surface area contributed by atoms with Crippen molar-refractivity contribution in [2.24, 2.45) is 5.14 Å². The van der Waals surface area contributed by atoms with Crippen molar-refractivity contribution in [3.63, 3.8) is 0 Å². The molecule has 0 aliphatic rings. The minimum Gasteiger partial charge on any atom is -0.478 e. The molecule has 2 aromatic carbocycles. The smallest absolute Gasteiger partial charge is 0.335 e. The number of sulfonamides is 1. The Labute approximate surface area is 153 Å². The molecule has 2 rings (SSSR count). The summed E-state index contributed by atoms with van der Waals surface area (Å²) in [6.07, 6.45) is 1.45. The van der Waals surface area contributed by atoms with Gasteiger partial charge in [-0.2, -0.15) is 0 Å². The number of carboxylic acid groups (broad SMARTS) is 1. The van der Waals surface area contributed by atoms with Gasteiger partial charge in [0.15, 0.2) is 5.75 Å². The van der Waals surface area contributed by atoms with E-state index in [-0.39, 0.29) is 11.3 Å². The van der Waals surface area contributed by atoms with Crippen molar-refractivity contribution >= 4 is 21.7 Å². The first-order chi connectivity index (χ1) is 13.9. The number of rotatable bonds is 8. The zero-order valence-corrected chi connectivity index (χ0v) is 14.2. The Morgan fingerprint density at radius 2 is 2.00 bits per heavy atom. The molecule has 0 atom stereocenters. The van der Waals surface area contributed by atoms with Crippen molar-refractivity contribution in [1.82, 2.24) is 0 Å². The lowest BCUT2D eigenvalue weighted by Crippen LogP contribution is -2.16. The third kappa shape index (κ3) is 4.94. The normalized spacial score (nSPS) is 13.9. The lowest BCUT2D eigenvalue weighted by atomic mass is 10.1. The lowest BCUT2D eigenvalue weighted by Gasteiger charge is -2.17. The number of nitrogens with two attached hydrogens (primary N) is 1. The molecule has 134 valence electrons. The second-order valence-electron chi connectivity index (χ2n) is 5.04. The third-order valence-corrected chi connectivity index (χ3v) is 4.05. The number of primary sulfonamides is 1. The number of unbranched alkanes of at least 4 members (excludes halogenated alkanes) is 1. The maximum Gasteiger partial charge on any atom is 0.335 e. The van der Waals surface area contributed by atoms with Gasteiger partial charge in [-0.15, -0.1) is 0 Å². The molecule has 0 heterocycles. The molecule has 7 nitrogen and oxygen atoms in total. The first kappa shape index (κ1) is 12.7. The van der Waals surface area contributed by atoms with Gasteiger partial charge in [0.2, 0.25) is 10.0 Å². The summed E-state index contributed by atoms with van der Waals surface area (Å²) in [5, 5.41) is 17.4. The van der Waals surface area contributed by atoms with Crippen LogP contribution in [0.3, 0.4) is 0 Å². The summed E-state index contributed by atoms with van der Waals surface area (Å²) < 4.78 is 68.8. The van der Waals surface area contributed by atoms with E-state index in [0.29, 0.717) is 13.0 Å². The number of hydrogen-bond donors (Lipinski definition) is 3. The first-order valence-corrected chi connectivity index (χ1v) is 8.87. The maximum absolute atomic E-state index is 12.1. The molecule has 0 saturated heterocycles. The quantitative estimate of drug-likeness (QED) is 0.615. The highest BCUT2D eigenvalue weighted by molar-refractivity contribution is 7.89. The van der Waals surface area contributed by atoms with Gasteiger partial charge in [-0.05, 0) is 30.6 Å². The van der Waals surface area contributed by atoms with Crippen LogP contribution in [0.5, 0.6) is 11.5 Å². The molecule has 2 aromatic rings. The summed E-state index contributed by atoms with van der Waals surface area (Å²) in [5.74, 6) is -2.49. The van der Waals surface area contributed by atoms with Gasteiger partial charge in [-0.1, -0.05) is 31.5 Å². The van der Waals surface area contributed by atoms with E-state index in [0.717, 1.165) is 18.6 Å². The van der Waals surface area contributed by atoms with Crippen LogP contribution < -0.4 is 15.2 Å². The average molecular weight is 369 g/mol. The van der Waals surface area contributed by atoms with E-state index in [9.17, 15) is 18.3 Å². The topological polar surface area (TPSA) is 119 Å². The van der Waals surface area contributed by atoms with E-state index in [4.69, 9.17) is 16.7 Å². The van der Waals surface area contributed by atoms with Gasteiger partial charge in [-0.25, -0.2) is 18.4 Å². The average Bonchev–Trinajstić information content (AvgIpc) is 2.67. The van der Waals surface area contributed by atoms with E-state index in [2.05, 4.69) is 5.32 Å². The molecule has 25 heavy (non-hydrogen) atoms. The van der Waals surface area contributed by atoms with Crippen molar-refractivity contribution in [3.05, 3.63) is 47.9 Å². The Balaban J connectivity index is 2.79. The van der Waals surface area contributed by atoms with Crippen LogP contribution in [-0.4, -0.2) is 26.0 Å². The summed E-state index contributed by atoms with van der Waals surface area (Å²) in [6.45, 7) is 2.25. The molecule has 0 spiro atoms. The van der Waals surface area contributed by atoms with E-state index in [1.807, 2.05) is 6.92 Å². The molecule has 8 heteroatoms. The highest BCUT2D eigenvalue weighted by Gasteiger charge is 2.23. The molecule has 0 unspecified atom stereocenters.